The minimum absolute atomic E-state index is 0.0867. The average Bonchev–Trinajstić information content (AvgIpc) is 3.17. The van der Waals surface area contributed by atoms with Crippen LogP contribution >= 0.6 is 0 Å². The molecule has 2 aromatic rings. The predicted molar refractivity (Wildman–Crippen MR) is 107 cm³/mol. The first-order valence-electron chi connectivity index (χ1n) is 10.0. The SMILES string of the molecule is CC(OC1CCN(C(=O)OC(C)(C)C)CC1)c1nc(-c2ccc(C(=O)O)c(F)c2)no1. The Morgan fingerprint density at radius 2 is 1.97 bits per heavy atom. The number of hydrogen-bond donors (Lipinski definition) is 1. The van der Waals surface area contributed by atoms with Crippen molar-refractivity contribution in [3.63, 3.8) is 0 Å². The molecule has 0 spiro atoms. The molecule has 0 saturated carbocycles. The maximum absolute atomic E-state index is 13.9. The maximum Gasteiger partial charge on any atom is 0.410 e. The van der Waals surface area contributed by atoms with Crippen LogP contribution in [0.25, 0.3) is 11.4 Å². The van der Waals surface area contributed by atoms with E-state index in [1.54, 1.807) is 11.8 Å². The van der Waals surface area contributed by atoms with E-state index in [9.17, 15) is 14.0 Å². The van der Waals surface area contributed by atoms with Gasteiger partial charge in [0.05, 0.1) is 11.7 Å². The zero-order chi connectivity index (χ0) is 22.8. The van der Waals surface area contributed by atoms with Crippen LogP contribution < -0.4 is 0 Å². The van der Waals surface area contributed by atoms with Crippen LogP contribution in [0.4, 0.5) is 9.18 Å². The molecular formula is C21H26FN3O6. The highest BCUT2D eigenvalue weighted by Crippen LogP contribution is 2.26. The topological polar surface area (TPSA) is 115 Å². The third kappa shape index (κ3) is 5.78. The Hall–Kier alpha value is -3.01. The van der Waals surface area contributed by atoms with Gasteiger partial charge in [0.2, 0.25) is 5.82 Å². The Labute approximate surface area is 179 Å². The van der Waals surface area contributed by atoms with Crippen molar-refractivity contribution in [3.8, 4) is 11.4 Å². The van der Waals surface area contributed by atoms with Gasteiger partial charge < -0.3 is 24.0 Å². The summed E-state index contributed by atoms with van der Waals surface area (Å²) in [6.07, 6.45) is 0.374. The van der Waals surface area contributed by atoms with Gasteiger partial charge in [0, 0.05) is 18.7 Å². The fraction of sp³-hybridized carbons (Fsp3) is 0.524. The number of halogens is 1. The van der Waals surface area contributed by atoms with Crippen LogP contribution in [0.15, 0.2) is 22.7 Å². The highest BCUT2D eigenvalue weighted by molar-refractivity contribution is 5.88. The molecule has 1 aliphatic heterocycles. The molecule has 9 nitrogen and oxygen atoms in total. The van der Waals surface area contributed by atoms with E-state index in [0.717, 1.165) is 12.1 Å². The summed E-state index contributed by atoms with van der Waals surface area (Å²) in [5, 5.41) is 12.8. The molecule has 1 fully saturated rings. The lowest BCUT2D eigenvalue weighted by atomic mass is 10.1. The molecule has 10 heteroatoms. The molecule has 1 unspecified atom stereocenters. The largest absolute Gasteiger partial charge is 0.478 e. The summed E-state index contributed by atoms with van der Waals surface area (Å²) in [5.41, 5.74) is -0.664. The fourth-order valence-electron chi connectivity index (χ4n) is 3.19. The van der Waals surface area contributed by atoms with Crippen molar-refractivity contribution in [1.29, 1.82) is 0 Å². The van der Waals surface area contributed by atoms with Crippen LogP contribution in [0.5, 0.6) is 0 Å². The lowest BCUT2D eigenvalue weighted by molar-refractivity contribution is -0.0509. The van der Waals surface area contributed by atoms with Crippen LogP contribution in [0.1, 0.15) is 62.9 Å². The average molecular weight is 435 g/mol. The number of carbonyl (C=O) groups excluding carboxylic acids is 1. The van der Waals surface area contributed by atoms with Gasteiger partial charge in [-0.15, -0.1) is 0 Å². The molecular weight excluding hydrogens is 409 g/mol. The zero-order valence-corrected chi connectivity index (χ0v) is 17.9. The first kappa shape index (κ1) is 22.7. The molecule has 31 heavy (non-hydrogen) atoms. The van der Waals surface area contributed by atoms with Crippen LogP contribution in [0.3, 0.4) is 0 Å². The molecule has 3 rings (SSSR count). The first-order chi connectivity index (χ1) is 14.5. The number of rotatable bonds is 5. The van der Waals surface area contributed by atoms with Gasteiger partial charge in [-0.3, -0.25) is 0 Å². The van der Waals surface area contributed by atoms with E-state index in [1.165, 1.54) is 6.07 Å². The number of likely N-dealkylation sites (tertiary alicyclic amines) is 1. The molecule has 0 aliphatic carbocycles. The second-order valence-corrected chi connectivity index (χ2v) is 8.40. The molecule has 168 valence electrons. The smallest absolute Gasteiger partial charge is 0.410 e. The van der Waals surface area contributed by atoms with Crippen LogP contribution in [0, 0.1) is 5.82 Å². The molecule has 0 bridgehead atoms. The monoisotopic (exact) mass is 435 g/mol. The third-order valence-corrected chi connectivity index (χ3v) is 4.74. The van der Waals surface area contributed by atoms with Crippen molar-refractivity contribution in [1.82, 2.24) is 15.0 Å². The van der Waals surface area contributed by atoms with E-state index in [2.05, 4.69) is 10.1 Å². The van der Waals surface area contributed by atoms with Crippen molar-refractivity contribution in [2.24, 2.45) is 0 Å². The number of carboxylic acids is 1. The van der Waals surface area contributed by atoms with Crippen LogP contribution in [-0.2, 0) is 9.47 Å². The van der Waals surface area contributed by atoms with Crippen molar-refractivity contribution in [2.75, 3.05) is 13.1 Å². The van der Waals surface area contributed by atoms with Gasteiger partial charge >= 0.3 is 12.1 Å². The van der Waals surface area contributed by atoms with E-state index >= 15 is 0 Å². The minimum Gasteiger partial charge on any atom is -0.478 e. The van der Waals surface area contributed by atoms with Gasteiger partial charge in [0.1, 0.15) is 17.5 Å². The summed E-state index contributed by atoms with van der Waals surface area (Å²) in [5.74, 6) is -1.86. The maximum atomic E-state index is 13.9. The van der Waals surface area contributed by atoms with Gasteiger partial charge in [-0.05, 0) is 58.7 Å². The number of hydrogen-bond acceptors (Lipinski definition) is 7. The molecule has 1 aliphatic rings. The van der Waals surface area contributed by atoms with Crippen molar-refractivity contribution >= 4 is 12.1 Å². The van der Waals surface area contributed by atoms with Gasteiger partial charge in [-0.1, -0.05) is 5.16 Å². The quantitative estimate of drug-likeness (QED) is 0.748. The lowest BCUT2D eigenvalue weighted by Gasteiger charge is -2.34. The van der Waals surface area contributed by atoms with E-state index < -0.39 is 29.1 Å². The summed E-state index contributed by atoms with van der Waals surface area (Å²) < 4.78 is 30.5. The first-order valence-corrected chi connectivity index (χ1v) is 10.0. The summed E-state index contributed by atoms with van der Waals surface area (Å²) in [4.78, 5) is 29.0. The molecule has 1 aromatic carbocycles. The van der Waals surface area contributed by atoms with Crippen molar-refractivity contribution < 1.29 is 33.1 Å². The summed E-state index contributed by atoms with van der Waals surface area (Å²) in [7, 11) is 0. The Morgan fingerprint density at radius 1 is 1.29 bits per heavy atom. The predicted octanol–water partition coefficient (Wildman–Crippen LogP) is 4.05. The zero-order valence-electron chi connectivity index (χ0n) is 17.9. The van der Waals surface area contributed by atoms with E-state index in [-0.39, 0.29) is 23.9 Å². The van der Waals surface area contributed by atoms with E-state index in [4.69, 9.17) is 19.1 Å². The number of nitrogens with zero attached hydrogens (tertiary/aromatic N) is 3. The number of ether oxygens (including phenoxy) is 2. The normalized spacial score (nSPS) is 16.2. The van der Waals surface area contributed by atoms with Gasteiger partial charge in [0.15, 0.2) is 0 Å². The van der Waals surface area contributed by atoms with Gasteiger partial charge in [0.25, 0.3) is 5.89 Å². The number of carboxylic acid groups (broad SMARTS) is 1. The summed E-state index contributed by atoms with van der Waals surface area (Å²) in [6.45, 7) is 8.31. The number of piperidine rings is 1. The third-order valence-electron chi connectivity index (χ3n) is 4.74. The minimum atomic E-state index is -1.35. The van der Waals surface area contributed by atoms with E-state index in [0.29, 0.717) is 31.5 Å². The second kappa shape index (κ2) is 9.01. The van der Waals surface area contributed by atoms with Crippen molar-refractivity contribution in [2.45, 2.75) is 58.3 Å². The molecule has 0 radical (unpaired) electrons. The highest BCUT2D eigenvalue weighted by Gasteiger charge is 2.29. The number of benzene rings is 1. The Bertz CT molecular complexity index is 947. The molecule has 1 N–H and O–H groups in total. The Balaban J connectivity index is 1.56. The Kier molecular flexibility index (Phi) is 6.59. The fourth-order valence-corrected chi connectivity index (χ4v) is 3.19. The molecule has 1 aromatic heterocycles. The Morgan fingerprint density at radius 3 is 2.55 bits per heavy atom. The van der Waals surface area contributed by atoms with Crippen LogP contribution in [0.2, 0.25) is 0 Å². The van der Waals surface area contributed by atoms with Crippen LogP contribution in [-0.4, -0.2) is 57.0 Å². The molecule has 2 heterocycles. The number of aromatic carboxylic acids is 1. The lowest BCUT2D eigenvalue weighted by Crippen LogP contribution is -2.43. The second-order valence-electron chi connectivity index (χ2n) is 8.40. The van der Waals surface area contributed by atoms with Gasteiger partial charge in [-0.25, -0.2) is 14.0 Å². The molecule has 1 saturated heterocycles. The molecule has 1 atom stereocenters. The summed E-state index contributed by atoms with van der Waals surface area (Å²) in [6, 6.07) is 3.62. The molecule has 1 amide bonds. The van der Waals surface area contributed by atoms with E-state index in [1.807, 2.05) is 20.8 Å². The van der Waals surface area contributed by atoms with Gasteiger partial charge in [-0.2, -0.15) is 4.98 Å². The highest BCUT2D eigenvalue weighted by atomic mass is 19.1. The van der Waals surface area contributed by atoms with Crippen molar-refractivity contribution in [3.05, 3.63) is 35.5 Å². The number of amides is 1. The standard InChI is InChI=1S/C21H26FN3O6/c1-12(29-14-7-9-25(10-8-14)20(28)30-21(2,3)4)18-23-17(24-31-18)13-5-6-15(19(26)27)16(22)11-13/h5-6,11-12,14H,7-10H2,1-4H3,(H,26,27). The number of carbonyl (C=O) groups is 2. The summed E-state index contributed by atoms with van der Waals surface area (Å²) >= 11 is 0. The number of aromatic nitrogens is 2.